The topological polar surface area (TPSA) is 52.6 Å². The van der Waals surface area contributed by atoms with Crippen molar-refractivity contribution in [3.05, 3.63) is 22.4 Å². The molecule has 112 valence electrons. The van der Waals surface area contributed by atoms with Crippen molar-refractivity contribution in [3.63, 3.8) is 0 Å². The highest BCUT2D eigenvalue weighted by atomic mass is 32.1. The van der Waals surface area contributed by atoms with Gasteiger partial charge in [0.15, 0.2) is 5.92 Å². The minimum Gasteiger partial charge on any atom is -0.459 e. The molecule has 0 atom stereocenters. The average molecular weight is 298 g/mol. The molecule has 0 saturated heterocycles. The Bertz CT molecular complexity index is 435. The predicted octanol–water partition coefficient (Wildman–Crippen LogP) is 3.52. The predicted molar refractivity (Wildman–Crippen MR) is 78.8 cm³/mol. The van der Waals surface area contributed by atoms with E-state index in [1.807, 2.05) is 5.38 Å². The first-order chi connectivity index (χ1) is 8.99. The van der Waals surface area contributed by atoms with Gasteiger partial charge < -0.3 is 9.47 Å². The lowest BCUT2D eigenvalue weighted by Crippen LogP contribution is -2.35. The van der Waals surface area contributed by atoms with E-state index in [9.17, 15) is 9.59 Å². The second-order valence-corrected chi connectivity index (χ2v) is 7.34. The van der Waals surface area contributed by atoms with E-state index in [-0.39, 0.29) is 0 Å². The number of carbonyl (C=O) groups is 2. The molecule has 0 aliphatic carbocycles. The highest BCUT2D eigenvalue weighted by Gasteiger charge is 2.36. The van der Waals surface area contributed by atoms with Crippen molar-refractivity contribution in [2.24, 2.45) is 0 Å². The summed E-state index contributed by atoms with van der Waals surface area (Å²) in [5.74, 6) is -2.19. The quantitative estimate of drug-likeness (QED) is 0.633. The second kappa shape index (κ2) is 5.95. The summed E-state index contributed by atoms with van der Waals surface area (Å²) >= 11 is 1.42. The standard InChI is InChI=1S/C15H22O4S/c1-14(2,3)18-12(16)11(10-7-8-20-9-10)13(17)19-15(4,5)6/h7-9,11H,1-6H3. The van der Waals surface area contributed by atoms with Crippen LogP contribution in [0.25, 0.3) is 0 Å². The maximum Gasteiger partial charge on any atom is 0.325 e. The van der Waals surface area contributed by atoms with Gasteiger partial charge in [0.05, 0.1) is 0 Å². The number of esters is 2. The zero-order valence-corrected chi connectivity index (χ0v) is 13.7. The number of hydrogen-bond acceptors (Lipinski definition) is 5. The molecule has 1 aromatic rings. The van der Waals surface area contributed by atoms with Crippen molar-refractivity contribution in [2.45, 2.75) is 58.7 Å². The van der Waals surface area contributed by atoms with Crippen LogP contribution in [0.15, 0.2) is 16.8 Å². The minimum atomic E-state index is -1.03. The lowest BCUT2D eigenvalue weighted by molar-refractivity contribution is -0.169. The molecule has 0 radical (unpaired) electrons. The largest absolute Gasteiger partial charge is 0.459 e. The minimum absolute atomic E-state index is 0.579. The Kier molecular flexibility index (Phi) is 4.97. The van der Waals surface area contributed by atoms with Crippen molar-refractivity contribution in [3.8, 4) is 0 Å². The molecule has 0 aliphatic rings. The fourth-order valence-electron chi connectivity index (χ4n) is 1.53. The molecule has 0 fully saturated rings. The molecule has 1 heterocycles. The summed E-state index contributed by atoms with van der Waals surface area (Å²) in [5, 5.41) is 3.58. The van der Waals surface area contributed by atoms with Crippen LogP contribution >= 0.6 is 11.3 Å². The molecule has 0 saturated carbocycles. The molecule has 0 N–H and O–H groups in total. The molecule has 1 rings (SSSR count). The molecule has 20 heavy (non-hydrogen) atoms. The van der Waals surface area contributed by atoms with Crippen LogP contribution in [0.3, 0.4) is 0 Å². The van der Waals surface area contributed by atoms with Gasteiger partial charge in [0.1, 0.15) is 11.2 Å². The van der Waals surface area contributed by atoms with Gasteiger partial charge in [-0.2, -0.15) is 11.3 Å². The summed E-state index contributed by atoms with van der Waals surface area (Å²) in [6, 6.07) is 1.74. The number of hydrogen-bond donors (Lipinski definition) is 0. The SMILES string of the molecule is CC(C)(C)OC(=O)C(C(=O)OC(C)(C)C)c1ccsc1. The summed E-state index contributed by atoms with van der Waals surface area (Å²) in [4.78, 5) is 24.5. The van der Waals surface area contributed by atoms with Crippen LogP contribution in [0.5, 0.6) is 0 Å². The number of rotatable bonds is 3. The van der Waals surface area contributed by atoms with Gasteiger partial charge in [-0.1, -0.05) is 0 Å². The smallest absolute Gasteiger partial charge is 0.325 e. The normalized spacial score (nSPS) is 12.3. The molecular weight excluding hydrogens is 276 g/mol. The van der Waals surface area contributed by atoms with E-state index in [4.69, 9.17) is 9.47 Å². The third kappa shape index (κ3) is 5.33. The van der Waals surface area contributed by atoms with Crippen molar-refractivity contribution in [2.75, 3.05) is 0 Å². The monoisotopic (exact) mass is 298 g/mol. The van der Waals surface area contributed by atoms with E-state index in [2.05, 4.69) is 0 Å². The van der Waals surface area contributed by atoms with Crippen LogP contribution in [0.1, 0.15) is 53.0 Å². The number of thiophene rings is 1. The van der Waals surface area contributed by atoms with Crippen LogP contribution in [-0.2, 0) is 19.1 Å². The molecule has 0 bridgehead atoms. The molecular formula is C15H22O4S. The van der Waals surface area contributed by atoms with Crippen LogP contribution in [0.4, 0.5) is 0 Å². The fourth-order valence-corrected chi connectivity index (χ4v) is 2.22. The fraction of sp³-hybridized carbons (Fsp3) is 0.600. The Hall–Kier alpha value is -1.36. The lowest BCUT2D eigenvalue weighted by atomic mass is 10.0. The third-order valence-electron chi connectivity index (χ3n) is 2.16. The number of carbonyl (C=O) groups excluding carboxylic acids is 2. The summed E-state index contributed by atoms with van der Waals surface area (Å²) < 4.78 is 10.6. The summed E-state index contributed by atoms with van der Waals surface area (Å²) in [6.07, 6.45) is 0. The van der Waals surface area contributed by atoms with Gasteiger partial charge in [0, 0.05) is 0 Å². The van der Waals surface area contributed by atoms with Crippen LogP contribution in [0, 0.1) is 0 Å². The molecule has 0 aliphatic heterocycles. The van der Waals surface area contributed by atoms with E-state index >= 15 is 0 Å². The maximum absolute atomic E-state index is 12.3. The Morgan fingerprint density at radius 1 is 1.00 bits per heavy atom. The summed E-state index contributed by atoms with van der Waals surface area (Å²) in [7, 11) is 0. The van der Waals surface area contributed by atoms with E-state index in [1.165, 1.54) is 11.3 Å². The van der Waals surface area contributed by atoms with Crippen molar-refractivity contribution in [1.82, 2.24) is 0 Å². The molecule has 0 unspecified atom stereocenters. The zero-order valence-electron chi connectivity index (χ0n) is 12.9. The van der Waals surface area contributed by atoms with Crippen LogP contribution < -0.4 is 0 Å². The van der Waals surface area contributed by atoms with Gasteiger partial charge in [0.25, 0.3) is 0 Å². The van der Waals surface area contributed by atoms with Crippen molar-refractivity contribution < 1.29 is 19.1 Å². The van der Waals surface area contributed by atoms with Gasteiger partial charge in [-0.3, -0.25) is 9.59 Å². The molecule has 1 aromatic heterocycles. The zero-order chi connectivity index (χ0) is 15.6. The molecule has 0 amide bonds. The second-order valence-electron chi connectivity index (χ2n) is 6.56. The van der Waals surface area contributed by atoms with Gasteiger partial charge in [-0.15, -0.1) is 0 Å². The lowest BCUT2D eigenvalue weighted by Gasteiger charge is -2.26. The van der Waals surface area contributed by atoms with Crippen molar-refractivity contribution in [1.29, 1.82) is 0 Å². The molecule has 4 nitrogen and oxygen atoms in total. The van der Waals surface area contributed by atoms with Gasteiger partial charge in [-0.05, 0) is 63.9 Å². The molecule has 0 spiro atoms. The Balaban J connectivity index is 2.98. The highest BCUT2D eigenvalue weighted by Crippen LogP contribution is 2.26. The van der Waals surface area contributed by atoms with E-state index in [1.54, 1.807) is 53.0 Å². The summed E-state index contributed by atoms with van der Waals surface area (Å²) in [6.45, 7) is 10.6. The van der Waals surface area contributed by atoms with Crippen LogP contribution in [-0.4, -0.2) is 23.1 Å². The highest BCUT2D eigenvalue weighted by molar-refractivity contribution is 7.08. The third-order valence-corrected chi connectivity index (χ3v) is 2.86. The first-order valence-electron chi connectivity index (χ1n) is 6.47. The Labute approximate surface area is 124 Å². The Morgan fingerprint density at radius 3 is 1.75 bits per heavy atom. The number of ether oxygens (including phenoxy) is 2. The summed E-state index contributed by atoms with van der Waals surface area (Å²) in [5.41, 5.74) is -0.681. The maximum atomic E-state index is 12.3. The average Bonchev–Trinajstić information content (AvgIpc) is 2.64. The first kappa shape index (κ1) is 16.7. The van der Waals surface area contributed by atoms with Crippen LogP contribution in [0.2, 0.25) is 0 Å². The molecule has 0 aromatic carbocycles. The Morgan fingerprint density at radius 2 is 1.45 bits per heavy atom. The molecule has 5 heteroatoms. The van der Waals surface area contributed by atoms with Crippen molar-refractivity contribution >= 4 is 23.3 Å². The van der Waals surface area contributed by atoms with E-state index in [0.29, 0.717) is 5.56 Å². The first-order valence-corrected chi connectivity index (χ1v) is 7.42. The van der Waals surface area contributed by atoms with Gasteiger partial charge >= 0.3 is 11.9 Å². The van der Waals surface area contributed by atoms with Gasteiger partial charge in [0.2, 0.25) is 0 Å². The van der Waals surface area contributed by atoms with E-state index in [0.717, 1.165) is 0 Å². The van der Waals surface area contributed by atoms with E-state index < -0.39 is 29.1 Å². The van der Waals surface area contributed by atoms with Gasteiger partial charge in [-0.25, -0.2) is 0 Å².